The maximum absolute atomic E-state index is 5.66. The number of halogens is 2. The lowest BCUT2D eigenvalue weighted by molar-refractivity contribution is 0.0213. The third-order valence-corrected chi connectivity index (χ3v) is 6.42. The minimum atomic E-state index is 0. The Morgan fingerprint density at radius 1 is 0.893 bits per heavy atom. The Kier molecular flexibility index (Phi) is 7.41. The number of hydrogen-bond donors (Lipinski definition) is 1. The van der Waals surface area contributed by atoms with Crippen LogP contribution in [-0.4, -0.2) is 44.3 Å². The second kappa shape index (κ2) is 9.60. The lowest BCUT2D eigenvalue weighted by Gasteiger charge is -2.41. The fourth-order valence-electron chi connectivity index (χ4n) is 5.12. The summed E-state index contributed by atoms with van der Waals surface area (Å²) in [4.78, 5) is 2.72. The minimum absolute atomic E-state index is 0. The summed E-state index contributed by atoms with van der Waals surface area (Å²) in [6.45, 7) is 6.36. The summed E-state index contributed by atoms with van der Waals surface area (Å²) in [5.74, 6) is 0.712. The Labute approximate surface area is 180 Å². The fraction of sp³-hybridized carbons (Fsp3) is 0.478. The summed E-state index contributed by atoms with van der Waals surface area (Å²) >= 11 is 0. The zero-order chi connectivity index (χ0) is 17.3. The Bertz CT molecular complexity index is 768. The lowest BCUT2D eigenvalue weighted by atomic mass is 9.84. The van der Waals surface area contributed by atoms with E-state index in [1.165, 1.54) is 40.7 Å². The van der Waals surface area contributed by atoms with Crippen molar-refractivity contribution in [2.24, 2.45) is 5.92 Å². The van der Waals surface area contributed by atoms with Crippen LogP contribution in [0.15, 0.2) is 42.5 Å². The normalized spacial score (nSPS) is 20.4. The van der Waals surface area contributed by atoms with Crippen molar-refractivity contribution in [3.63, 3.8) is 0 Å². The second-order valence-corrected chi connectivity index (χ2v) is 7.93. The van der Waals surface area contributed by atoms with Crippen LogP contribution in [0.2, 0.25) is 0 Å². The maximum Gasteiger partial charge on any atom is 0.0469 e. The predicted octanol–water partition coefficient (Wildman–Crippen LogP) is 4.47. The zero-order valence-electron chi connectivity index (χ0n) is 16.2. The summed E-state index contributed by atoms with van der Waals surface area (Å²) in [5, 5.41) is 3.51. The van der Waals surface area contributed by atoms with Gasteiger partial charge in [-0.2, -0.15) is 0 Å². The summed E-state index contributed by atoms with van der Waals surface area (Å²) in [5.41, 5.74) is 7.37. The van der Waals surface area contributed by atoms with Gasteiger partial charge in [-0.25, -0.2) is 0 Å². The molecular weight excluding hydrogens is 391 g/mol. The van der Waals surface area contributed by atoms with Crippen molar-refractivity contribution in [2.45, 2.75) is 25.3 Å². The molecule has 152 valence electrons. The fourth-order valence-corrected chi connectivity index (χ4v) is 5.12. The van der Waals surface area contributed by atoms with Crippen molar-refractivity contribution < 1.29 is 4.74 Å². The van der Waals surface area contributed by atoms with Gasteiger partial charge in [0.05, 0.1) is 0 Å². The molecule has 0 unspecified atom stereocenters. The molecule has 2 aliphatic heterocycles. The van der Waals surface area contributed by atoms with Crippen LogP contribution in [-0.2, 0) is 11.2 Å². The van der Waals surface area contributed by atoms with E-state index >= 15 is 0 Å². The van der Waals surface area contributed by atoms with E-state index in [4.69, 9.17) is 4.74 Å². The van der Waals surface area contributed by atoms with Crippen LogP contribution in [0.1, 0.15) is 35.6 Å². The quantitative estimate of drug-likeness (QED) is 0.675. The van der Waals surface area contributed by atoms with Crippen LogP contribution in [0.5, 0.6) is 0 Å². The predicted molar refractivity (Wildman–Crippen MR) is 120 cm³/mol. The number of nitrogens with zero attached hydrogens (tertiary/aromatic N) is 1. The lowest BCUT2D eigenvalue weighted by Crippen LogP contribution is -2.47. The van der Waals surface area contributed by atoms with Crippen LogP contribution < -0.4 is 5.32 Å². The highest BCUT2D eigenvalue weighted by atomic mass is 35.5. The van der Waals surface area contributed by atoms with Crippen molar-refractivity contribution in [3.8, 4) is 11.1 Å². The van der Waals surface area contributed by atoms with Gasteiger partial charge in [0.1, 0.15) is 0 Å². The number of hydrogen-bond acceptors (Lipinski definition) is 3. The molecular formula is C23H30Cl2N2O. The molecule has 3 aliphatic rings. The van der Waals surface area contributed by atoms with E-state index in [9.17, 15) is 0 Å². The molecule has 0 aromatic heterocycles. The van der Waals surface area contributed by atoms with Crippen LogP contribution in [0.4, 0.5) is 0 Å². The summed E-state index contributed by atoms with van der Waals surface area (Å²) < 4.78 is 5.66. The number of rotatable bonds is 3. The van der Waals surface area contributed by atoms with E-state index in [-0.39, 0.29) is 24.8 Å². The van der Waals surface area contributed by atoms with Gasteiger partial charge >= 0.3 is 0 Å². The highest BCUT2D eigenvalue weighted by molar-refractivity contribution is 5.85. The van der Waals surface area contributed by atoms with Gasteiger partial charge in [-0.1, -0.05) is 42.5 Å². The van der Waals surface area contributed by atoms with Crippen LogP contribution in [0.25, 0.3) is 11.1 Å². The number of benzene rings is 2. The summed E-state index contributed by atoms with van der Waals surface area (Å²) in [6.07, 6.45) is 3.46. The average Bonchev–Trinajstić information content (AvgIpc) is 3.08. The third kappa shape index (κ3) is 4.10. The molecule has 2 aromatic rings. The molecule has 0 amide bonds. The van der Waals surface area contributed by atoms with Crippen molar-refractivity contribution >= 4 is 24.8 Å². The highest BCUT2D eigenvalue weighted by Gasteiger charge is 2.32. The van der Waals surface area contributed by atoms with Crippen molar-refractivity contribution in [2.75, 3.05) is 39.4 Å². The molecule has 0 radical (unpaired) electrons. The number of nitrogens with one attached hydrogen (secondary N) is 1. The largest absolute Gasteiger partial charge is 0.381 e. The van der Waals surface area contributed by atoms with Crippen molar-refractivity contribution in [3.05, 3.63) is 59.2 Å². The summed E-state index contributed by atoms with van der Waals surface area (Å²) in [7, 11) is 0. The molecule has 3 nitrogen and oxygen atoms in total. The van der Waals surface area contributed by atoms with Crippen LogP contribution in [0, 0.1) is 5.92 Å². The van der Waals surface area contributed by atoms with E-state index in [1.54, 1.807) is 0 Å². The molecule has 0 bridgehead atoms. The average molecular weight is 421 g/mol. The van der Waals surface area contributed by atoms with Crippen molar-refractivity contribution in [1.29, 1.82) is 0 Å². The van der Waals surface area contributed by atoms with E-state index in [0.717, 1.165) is 45.8 Å². The van der Waals surface area contributed by atoms with Gasteiger partial charge in [0.2, 0.25) is 0 Å². The number of piperazine rings is 1. The number of ether oxygens (including phenoxy) is 1. The molecule has 2 heterocycles. The Balaban J connectivity index is 0.00000112. The molecule has 2 fully saturated rings. The monoisotopic (exact) mass is 420 g/mol. The first-order valence-corrected chi connectivity index (χ1v) is 10.1. The SMILES string of the molecule is Cl.Cl.c1ccc2c(c1)Cc1cc([C@@H](C3CCOCC3)N3CCNCC3)ccc1-2. The van der Waals surface area contributed by atoms with E-state index in [2.05, 4.69) is 52.7 Å². The van der Waals surface area contributed by atoms with Gasteiger partial charge in [0, 0.05) is 45.4 Å². The molecule has 1 N–H and O–H groups in total. The van der Waals surface area contributed by atoms with Crippen molar-refractivity contribution in [1.82, 2.24) is 10.2 Å². The highest BCUT2D eigenvalue weighted by Crippen LogP contribution is 2.41. The number of fused-ring (bicyclic) bond motifs is 3. The first-order chi connectivity index (χ1) is 12.9. The van der Waals surface area contributed by atoms with Gasteiger partial charge in [-0.05, 0) is 53.0 Å². The first kappa shape index (κ1) is 21.6. The third-order valence-electron chi connectivity index (χ3n) is 6.42. The standard InChI is InChI=1S/C23H28N2O.2ClH/c1-2-4-21-18(3-1)15-20-16-19(5-6-22(20)21)23(17-7-13-26-14-8-17)25-11-9-24-10-12-25;;/h1-6,16-17,23-24H,7-15H2;2*1H/t23-;;/m1../s1. The Hall–Kier alpha value is -1.10. The topological polar surface area (TPSA) is 24.5 Å². The maximum atomic E-state index is 5.66. The molecule has 28 heavy (non-hydrogen) atoms. The van der Waals surface area contributed by atoms with Gasteiger partial charge in [-0.3, -0.25) is 4.90 Å². The molecule has 0 spiro atoms. The second-order valence-electron chi connectivity index (χ2n) is 7.93. The minimum Gasteiger partial charge on any atom is -0.381 e. The van der Waals surface area contributed by atoms with E-state index in [0.29, 0.717) is 12.0 Å². The molecule has 5 rings (SSSR count). The Morgan fingerprint density at radius 2 is 1.61 bits per heavy atom. The molecule has 2 saturated heterocycles. The van der Waals surface area contributed by atoms with Gasteiger partial charge in [0.15, 0.2) is 0 Å². The van der Waals surface area contributed by atoms with E-state index < -0.39 is 0 Å². The van der Waals surface area contributed by atoms with Gasteiger partial charge < -0.3 is 10.1 Å². The molecule has 2 aromatic carbocycles. The van der Waals surface area contributed by atoms with Gasteiger partial charge in [0.25, 0.3) is 0 Å². The van der Waals surface area contributed by atoms with Gasteiger partial charge in [-0.15, -0.1) is 24.8 Å². The molecule has 0 saturated carbocycles. The smallest absolute Gasteiger partial charge is 0.0469 e. The molecule has 1 aliphatic carbocycles. The van der Waals surface area contributed by atoms with Crippen LogP contribution >= 0.6 is 24.8 Å². The van der Waals surface area contributed by atoms with Crippen LogP contribution in [0.3, 0.4) is 0 Å². The molecule has 1 atom stereocenters. The first-order valence-electron chi connectivity index (χ1n) is 10.1. The van der Waals surface area contributed by atoms with E-state index in [1.807, 2.05) is 0 Å². The Morgan fingerprint density at radius 3 is 2.39 bits per heavy atom. The zero-order valence-corrected chi connectivity index (χ0v) is 17.9. The summed E-state index contributed by atoms with van der Waals surface area (Å²) in [6, 6.07) is 16.7. The molecule has 5 heteroatoms.